The van der Waals surface area contributed by atoms with Crippen LogP contribution in [0.3, 0.4) is 0 Å². The van der Waals surface area contributed by atoms with E-state index < -0.39 is 85.6 Å². The van der Waals surface area contributed by atoms with E-state index in [-0.39, 0.29) is 43.0 Å². The number of rotatable bonds is 10. The maximum Gasteiger partial charge on any atom is 0.408 e. The number of sulfonamides is 1. The zero-order valence-electron chi connectivity index (χ0n) is 38.7. The van der Waals surface area contributed by atoms with Crippen molar-refractivity contribution in [3.05, 3.63) is 60.4 Å². The Balaban J connectivity index is 1.27. The van der Waals surface area contributed by atoms with Gasteiger partial charge in [0.05, 0.1) is 30.2 Å². The van der Waals surface area contributed by atoms with Crippen molar-refractivity contribution in [3.8, 4) is 28.6 Å². The van der Waals surface area contributed by atoms with E-state index in [2.05, 4.69) is 22.3 Å². The van der Waals surface area contributed by atoms with Gasteiger partial charge in [0, 0.05) is 23.3 Å². The topological polar surface area (TPSA) is 192 Å². The minimum atomic E-state index is -4.05. The molecular formula is C48H62FN5O10S. The predicted molar refractivity (Wildman–Crippen MR) is 242 cm³/mol. The lowest BCUT2D eigenvalue weighted by Crippen LogP contribution is -2.59. The van der Waals surface area contributed by atoms with Crippen LogP contribution in [0.25, 0.3) is 22.0 Å². The quantitative estimate of drug-likeness (QED) is 0.178. The molecule has 0 bridgehead atoms. The second-order valence-corrected chi connectivity index (χ2v) is 22.0. The summed E-state index contributed by atoms with van der Waals surface area (Å²) < 4.78 is 66.6. The molecule has 3 fully saturated rings. The molecule has 2 aromatic carbocycles. The molecule has 2 aliphatic heterocycles. The number of nitrogens with zero attached hydrogens (tertiary/aromatic N) is 2. The van der Waals surface area contributed by atoms with E-state index >= 15 is 9.18 Å². The van der Waals surface area contributed by atoms with E-state index in [0.717, 1.165) is 6.42 Å². The fourth-order valence-corrected chi connectivity index (χ4v) is 10.1. The Morgan fingerprint density at radius 1 is 1.05 bits per heavy atom. The number of alkyl carbamates (subject to hydrolysis) is 1. The first-order valence-corrected chi connectivity index (χ1v) is 24.0. The van der Waals surface area contributed by atoms with Gasteiger partial charge in [-0.15, -0.1) is 0 Å². The van der Waals surface area contributed by atoms with Gasteiger partial charge in [-0.05, 0) is 140 Å². The number of methoxy groups -OCH3 is 1. The standard InChI is InChI=1S/C48H62FN5O10S/c1-27(2)62-39-17-14-30(22-36(39)49)37-23-31-21-33(61-9)15-16-35(31)42(50-37)63-34-24-38-41(55)52-48(44(57)53-65(59,60)47(8)18-19-47)25-32(48)13-11-10-12-28(3)20-29(4)40(43(56)54(38)26-34)51-45(58)64-46(5,6)7/h11,13-17,21-23,27-29,32,34,38,40H,10,12,18-20,24-26H2,1-9H3,(H,51,58)(H,52,55)(H,53,57)/b13-11-/t28-,29-,32-,34-,38+,40+,48-/m1/s1. The summed E-state index contributed by atoms with van der Waals surface area (Å²) in [6.45, 7) is 14.1. The molecule has 65 heavy (non-hydrogen) atoms. The van der Waals surface area contributed by atoms with Crippen molar-refractivity contribution in [2.45, 2.75) is 141 Å². The number of pyridine rings is 1. The van der Waals surface area contributed by atoms with Gasteiger partial charge in [-0.3, -0.25) is 19.1 Å². The molecule has 4 aliphatic rings. The summed E-state index contributed by atoms with van der Waals surface area (Å²) in [5, 5.41) is 6.96. The zero-order valence-corrected chi connectivity index (χ0v) is 39.5. The molecule has 7 atom stereocenters. The summed E-state index contributed by atoms with van der Waals surface area (Å²) in [4.78, 5) is 63.5. The molecule has 3 N–H and O–H groups in total. The summed E-state index contributed by atoms with van der Waals surface area (Å²) >= 11 is 0. The largest absolute Gasteiger partial charge is 0.497 e. The smallest absolute Gasteiger partial charge is 0.408 e. The normalized spacial score (nSPS) is 27.3. The molecule has 0 radical (unpaired) electrons. The first-order valence-electron chi connectivity index (χ1n) is 22.5. The maximum absolute atomic E-state index is 15.4. The predicted octanol–water partition coefficient (Wildman–Crippen LogP) is 6.96. The average Bonchev–Trinajstić information content (AvgIpc) is 4.10. The SMILES string of the molecule is COc1ccc2c(O[C@@H]3C[C@H]4C(=O)N[C@]5(C(=O)NS(=O)(=O)C6(C)CC6)C[C@H]5/C=C\CC[C@@H](C)C[C@@H](C)[C@H](NC(=O)OC(C)(C)C)C(=O)N4C3)nc(-c3ccc(OC(C)C)c(F)c3)cc2c1. The van der Waals surface area contributed by atoms with Gasteiger partial charge in [0.25, 0.3) is 5.91 Å². The zero-order chi connectivity index (χ0) is 47.2. The van der Waals surface area contributed by atoms with Gasteiger partial charge in [0.1, 0.15) is 35.1 Å². The number of halogens is 1. The van der Waals surface area contributed by atoms with Gasteiger partial charge in [0.2, 0.25) is 27.7 Å². The number of allylic oxidation sites excluding steroid dienone is 1. The molecule has 7 rings (SSSR count). The number of carbonyl (C=O) groups excluding carboxylic acids is 4. The first-order chi connectivity index (χ1) is 30.5. The van der Waals surface area contributed by atoms with E-state index in [9.17, 15) is 22.8 Å². The maximum atomic E-state index is 15.4. The summed E-state index contributed by atoms with van der Waals surface area (Å²) in [5.41, 5.74) is -1.65. The van der Waals surface area contributed by atoms with E-state index in [1.54, 1.807) is 71.9 Å². The number of fused-ring (bicyclic) bond motifs is 3. The molecule has 2 aliphatic carbocycles. The van der Waals surface area contributed by atoms with E-state index in [0.29, 0.717) is 53.5 Å². The highest BCUT2D eigenvalue weighted by Gasteiger charge is 2.63. The van der Waals surface area contributed by atoms with E-state index in [1.165, 1.54) is 24.1 Å². The highest BCUT2D eigenvalue weighted by Crippen LogP contribution is 2.48. The van der Waals surface area contributed by atoms with Gasteiger partial charge in [0.15, 0.2) is 11.6 Å². The van der Waals surface area contributed by atoms with Crippen molar-refractivity contribution in [2.24, 2.45) is 17.8 Å². The van der Waals surface area contributed by atoms with Crippen LogP contribution in [0.2, 0.25) is 0 Å². The van der Waals surface area contributed by atoms with Crippen molar-refractivity contribution in [2.75, 3.05) is 13.7 Å². The number of nitrogens with one attached hydrogen (secondary N) is 3. The van der Waals surface area contributed by atoms with Gasteiger partial charge < -0.3 is 34.5 Å². The van der Waals surface area contributed by atoms with Crippen molar-refractivity contribution in [3.63, 3.8) is 0 Å². The van der Waals surface area contributed by atoms with Crippen molar-refractivity contribution in [1.82, 2.24) is 25.2 Å². The summed E-state index contributed by atoms with van der Waals surface area (Å²) in [5.74, 6) is -2.66. The van der Waals surface area contributed by atoms with Crippen LogP contribution in [0, 0.1) is 23.6 Å². The Kier molecular flexibility index (Phi) is 13.2. The molecule has 1 saturated heterocycles. The van der Waals surface area contributed by atoms with Gasteiger partial charge >= 0.3 is 6.09 Å². The Labute approximate surface area is 380 Å². The van der Waals surface area contributed by atoms with Crippen LogP contribution in [-0.4, -0.2) is 95.9 Å². The Morgan fingerprint density at radius 3 is 2.45 bits per heavy atom. The number of hydrogen-bond acceptors (Lipinski definition) is 11. The number of benzene rings is 2. The van der Waals surface area contributed by atoms with Crippen LogP contribution < -0.4 is 29.6 Å². The molecule has 3 heterocycles. The van der Waals surface area contributed by atoms with Gasteiger partial charge in [-0.1, -0.05) is 26.0 Å². The first kappa shape index (κ1) is 47.5. The summed E-state index contributed by atoms with van der Waals surface area (Å²) in [6.07, 6.45) is 4.73. The monoisotopic (exact) mass is 919 g/mol. The van der Waals surface area contributed by atoms with Gasteiger partial charge in [-0.25, -0.2) is 22.6 Å². The van der Waals surface area contributed by atoms with Gasteiger partial charge in [-0.2, -0.15) is 0 Å². The molecule has 3 aromatic rings. The van der Waals surface area contributed by atoms with Crippen LogP contribution in [0.1, 0.15) is 100 Å². The number of amides is 4. The molecule has 17 heteroatoms. The van der Waals surface area contributed by atoms with Crippen LogP contribution in [-0.2, 0) is 29.1 Å². The molecule has 15 nitrogen and oxygen atoms in total. The summed E-state index contributed by atoms with van der Waals surface area (Å²) in [6, 6.07) is 9.29. The second kappa shape index (κ2) is 18.1. The Morgan fingerprint density at radius 2 is 1.78 bits per heavy atom. The Hall–Kier alpha value is -5.45. The van der Waals surface area contributed by atoms with Crippen LogP contribution in [0.4, 0.5) is 9.18 Å². The molecular weight excluding hydrogens is 858 g/mol. The third-order valence-corrected chi connectivity index (χ3v) is 15.0. The number of ether oxygens (including phenoxy) is 4. The lowest BCUT2D eigenvalue weighted by atomic mass is 9.88. The van der Waals surface area contributed by atoms with Crippen molar-refractivity contribution < 1.29 is 50.9 Å². The molecule has 352 valence electrons. The van der Waals surface area contributed by atoms with Crippen molar-refractivity contribution >= 4 is 44.6 Å². The van der Waals surface area contributed by atoms with E-state index in [1.807, 2.05) is 19.1 Å². The minimum absolute atomic E-state index is 0.0600. The lowest BCUT2D eigenvalue weighted by Gasteiger charge is -2.33. The third-order valence-electron chi connectivity index (χ3n) is 12.8. The Bertz CT molecular complexity index is 2490. The fourth-order valence-electron chi connectivity index (χ4n) is 8.77. The van der Waals surface area contributed by atoms with E-state index in [4.69, 9.17) is 23.9 Å². The number of hydrogen-bond donors (Lipinski definition) is 3. The van der Waals surface area contributed by atoms with Crippen LogP contribution in [0.5, 0.6) is 17.4 Å². The van der Waals surface area contributed by atoms with Crippen LogP contribution in [0.15, 0.2) is 54.6 Å². The highest BCUT2D eigenvalue weighted by molar-refractivity contribution is 7.91. The fraction of sp³-hybridized carbons (Fsp3) is 0.562. The third kappa shape index (κ3) is 10.5. The molecule has 2 saturated carbocycles. The van der Waals surface area contributed by atoms with Crippen molar-refractivity contribution in [1.29, 1.82) is 0 Å². The average molecular weight is 920 g/mol. The molecule has 0 unspecified atom stereocenters. The molecule has 1 aromatic heterocycles. The minimum Gasteiger partial charge on any atom is -0.497 e. The second-order valence-electron chi connectivity index (χ2n) is 19.8. The highest BCUT2D eigenvalue weighted by atomic mass is 32.2. The number of carbonyl (C=O) groups is 4. The summed E-state index contributed by atoms with van der Waals surface area (Å²) in [7, 11) is -2.51. The molecule has 0 spiro atoms. The lowest BCUT2D eigenvalue weighted by molar-refractivity contribution is -0.142. The number of aromatic nitrogens is 1. The van der Waals surface area contributed by atoms with Crippen LogP contribution >= 0.6 is 0 Å². The molecule has 4 amide bonds.